The van der Waals surface area contributed by atoms with Gasteiger partial charge in [0.05, 0.1) is 0 Å². The normalized spacial score (nSPS) is 16.2. The molecule has 246 valence electrons. The van der Waals surface area contributed by atoms with Gasteiger partial charge >= 0.3 is 0 Å². The van der Waals surface area contributed by atoms with E-state index in [9.17, 15) is 0 Å². The van der Waals surface area contributed by atoms with Crippen molar-refractivity contribution in [3.8, 4) is 22.3 Å². The fraction of sp³-hybridized carbons (Fsp3) is 0.0980. The number of benzene rings is 8. The molecule has 0 N–H and O–H groups in total. The fourth-order valence-electron chi connectivity index (χ4n) is 9.58. The third kappa shape index (κ3) is 4.11. The van der Waals surface area contributed by atoms with Crippen molar-refractivity contribution in [3.63, 3.8) is 0 Å². The minimum absolute atomic E-state index is 0.0623. The van der Waals surface area contributed by atoms with Crippen LogP contribution >= 0.6 is 0 Å². The Kier molecular flexibility index (Phi) is 6.20. The Morgan fingerprint density at radius 3 is 1.90 bits per heavy atom. The molecule has 11 rings (SSSR count). The van der Waals surface area contributed by atoms with Crippen LogP contribution in [0.1, 0.15) is 48.4 Å². The summed E-state index contributed by atoms with van der Waals surface area (Å²) in [6.45, 7) is 4.80. The van der Waals surface area contributed by atoms with Crippen LogP contribution in [0.15, 0.2) is 168 Å². The van der Waals surface area contributed by atoms with Gasteiger partial charge < -0.3 is 4.42 Å². The molecular weight excluding hydrogens is 629 g/mol. The van der Waals surface area contributed by atoms with Crippen LogP contribution < -0.4 is 0 Å². The summed E-state index contributed by atoms with van der Waals surface area (Å²) in [5.41, 5.74) is 13.8. The third-order valence-electron chi connectivity index (χ3n) is 12.0. The van der Waals surface area contributed by atoms with Gasteiger partial charge in [-0.05, 0) is 83.8 Å². The van der Waals surface area contributed by atoms with Crippen molar-refractivity contribution in [2.24, 2.45) is 0 Å². The maximum atomic E-state index is 6.59. The van der Waals surface area contributed by atoms with Crippen molar-refractivity contribution in [1.82, 2.24) is 0 Å². The van der Waals surface area contributed by atoms with Crippen LogP contribution in [-0.4, -0.2) is 0 Å². The van der Waals surface area contributed by atoms with Crippen molar-refractivity contribution in [3.05, 3.63) is 186 Å². The van der Waals surface area contributed by atoms with E-state index < -0.39 is 0 Å². The zero-order valence-electron chi connectivity index (χ0n) is 29.3. The van der Waals surface area contributed by atoms with Crippen molar-refractivity contribution >= 4 is 59.8 Å². The Bertz CT molecular complexity index is 2960. The first-order valence-electron chi connectivity index (χ1n) is 18.5. The quantitative estimate of drug-likeness (QED) is 0.171. The first-order valence-corrected chi connectivity index (χ1v) is 18.5. The number of hydrogen-bond acceptors (Lipinski definition) is 1. The van der Waals surface area contributed by atoms with Gasteiger partial charge in [0.2, 0.25) is 0 Å². The average molecular weight is 665 g/mol. The molecule has 52 heavy (non-hydrogen) atoms. The van der Waals surface area contributed by atoms with E-state index in [4.69, 9.17) is 4.42 Å². The molecule has 1 atom stereocenters. The highest BCUT2D eigenvalue weighted by Crippen LogP contribution is 2.52. The first kappa shape index (κ1) is 29.5. The van der Waals surface area contributed by atoms with Crippen LogP contribution in [0.25, 0.3) is 82.1 Å². The van der Waals surface area contributed by atoms with Crippen LogP contribution in [0.2, 0.25) is 0 Å². The number of hydrogen-bond donors (Lipinski definition) is 0. The molecule has 2 aliphatic rings. The van der Waals surface area contributed by atoms with Crippen molar-refractivity contribution in [2.75, 3.05) is 0 Å². The number of rotatable bonds is 3. The predicted octanol–water partition coefficient (Wildman–Crippen LogP) is 14.1. The van der Waals surface area contributed by atoms with Crippen LogP contribution in [0, 0.1) is 0 Å². The summed E-state index contributed by atoms with van der Waals surface area (Å²) < 4.78 is 6.59. The van der Waals surface area contributed by atoms with Crippen LogP contribution in [0.3, 0.4) is 0 Å². The summed E-state index contributed by atoms with van der Waals surface area (Å²) in [5.74, 6) is 0.327. The van der Waals surface area contributed by atoms with E-state index in [0.29, 0.717) is 5.92 Å². The maximum Gasteiger partial charge on any atom is 0.143 e. The van der Waals surface area contributed by atoms with Gasteiger partial charge in [-0.15, -0.1) is 0 Å². The monoisotopic (exact) mass is 664 g/mol. The van der Waals surface area contributed by atoms with E-state index >= 15 is 0 Å². The van der Waals surface area contributed by atoms with E-state index in [0.717, 1.165) is 33.9 Å². The van der Waals surface area contributed by atoms with Crippen molar-refractivity contribution in [1.29, 1.82) is 0 Å². The van der Waals surface area contributed by atoms with Crippen LogP contribution in [-0.2, 0) is 5.41 Å². The van der Waals surface area contributed by atoms with Crippen molar-refractivity contribution < 1.29 is 4.42 Å². The van der Waals surface area contributed by atoms with Gasteiger partial charge in [0.1, 0.15) is 11.2 Å². The highest BCUT2D eigenvalue weighted by molar-refractivity contribution is 6.22. The van der Waals surface area contributed by atoms with Gasteiger partial charge in [-0.3, -0.25) is 0 Å². The molecule has 2 aliphatic carbocycles. The third-order valence-corrected chi connectivity index (χ3v) is 12.0. The largest absolute Gasteiger partial charge is 0.455 e. The first-order chi connectivity index (χ1) is 25.6. The summed E-state index contributed by atoms with van der Waals surface area (Å²) >= 11 is 0. The molecule has 1 nitrogen and oxygen atoms in total. The Labute approximate surface area is 303 Å². The van der Waals surface area contributed by atoms with Crippen LogP contribution in [0.5, 0.6) is 0 Å². The molecule has 0 bridgehead atoms. The molecule has 1 aromatic heterocycles. The molecule has 0 amide bonds. The van der Waals surface area contributed by atoms with Gasteiger partial charge in [0.15, 0.2) is 0 Å². The van der Waals surface area contributed by atoms with Crippen LogP contribution in [0.4, 0.5) is 0 Å². The summed E-state index contributed by atoms with van der Waals surface area (Å²) in [7, 11) is 0. The highest BCUT2D eigenvalue weighted by Gasteiger charge is 2.37. The standard InChI is InChI=1S/C51H36O/c1-51(2)45-30-34(27-28-36(45)42-29-26-32-12-3-4-13-35(32)49(42)51)31-22-24-33(25-23-31)47-38-15-5-7-17-40(38)48(41-18-8-6-16-39(41)47)44-20-11-19-43-37-14-9-10-21-46(37)52-50(43)44/h3-22,24-31H,23H2,1-2H3. The zero-order valence-corrected chi connectivity index (χ0v) is 29.3. The van der Waals surface area contributed by atoms with E-state index in [-0.39, 0.29) is 5.41 Å². The van der Waals surface area contributed by atoms with Gasteiger partial charge in [-0.25, -0.2) is 0 Å². The summed E-state index contributed by atoms with van der Waals surface area (Å²) in [4.78, 5) is 0. The zero-order chi connectivity index (χ0) is 34.6. The van der Waals surface area contributed by atoms with Gasteiger partial charge in [0, 0.05) is 33.2 Å². The Morgan fingerprint density at radius 1 is 0.538 bits per heavy atom. The molecule has 0 spiro atoms. The Morgan fingerprint density at radius 2 is 1.17 bits per heavy atom. The summed E-state index contributed by atoms with van der Waals surface area (Å²) in [6.07, 6.45) is 8.25. The number of furan rings is 1. The lowest BCUT2D eigenvalue weighted by Crippen LogP contribution is -2.16. The van der Waals surface area contributed by atoms with Gasteiger partial charge in [-0.1, -0.05) is 172 Å². The number of fused-ring (bicyclic) bond motifs is 10. The second kappa shape index (κ2) is 10.9. The van der Waals surface area contributed by atoms with Gasteiger partial charge in [-0.2, -0.15) is 0 Å². The summed E-state index contributed by atoms with van der Waals surface area (Å²) in [6, 6.07) is 53.5. The van der Waals surface area contributed by atoms with E-state index in [1.165, 1.54) is 76.8 Å². The SMILES string of the molecule is CC1(C)c2cc(C3C=CC(c4c5ccccc5c(-c5cccc6c5oc5ccccc56)c5ccccc45)=CC3)ccc2-c2ccc3ccccc3c21. The second-order valence-corrected chi connectivity index (χ2v) is 15.1. The lowest BCUT2D eigenvalue weighted by molar-refractivity contribution is 0.663. The molecular formula is C51H36O. The molecule has 0 saturated heterocycles. The number of para-hydroxylation sites is 2. The second-order valence-electron chi connectivity index (χ2n) is 15.1. The van der Waals surface area contributed by atoms with E-state index in [1.54, 1.807) is 0 Å². The predicted molar refractivity (Wildman–Crippen MR) is 220 cm³/mol. The molecule has 8 aromatic carbocycles. The molecule has 0 radical (unpaired) electrons. The molecule has 9 aromatic rings. The molecule has 0 aliphatic heterocycles. The number of allylic oxidation sites excluding steroid dienone is 4. The lowest BCUT2D eigenvalue weighted by atomic mass is 9.78. The van der Waals surface area contributed by atoms with E-state index in [1.807, 2.05) is 6.07 Å². The molecule has 1 heteroatoms. The minimum atomic E-state index is -0.0623. The van der Waals surface area contributed by atoms with Gasteiger partial charge in [0.25, 0.3) is 0 Å². The highest BCUT2D eigenvalue weighted by atomic mass is 16.3. The smallest absolute Gasteiger partial charge is 0.143 e. The Hall–Kier alpha value is -6.18. The topological polar surface area (TPSA) is 13.1 Å². The lowest BCUT2D eigenvalue weighted by Gasteiger charge is -2.25. The van der Waals surface area contributed by atoms with Crippen molar-refractivity contribution in [2.45, 2.75) is 31.6 Å². The minimum Gasteiger partial charge on any atom is -0.455 e. The molecule has 0 saturated carbocycles. The average Bonchev–Trinajstić information content (AvgIpc) is 3.69. The van der Waals surface area contributed by atoms with E-state index in [2.05, 4.69) is 172 Å². The molecule has 1 heterocycles. The fourth-order valence-corrected chi connectivity index (χ4v) is 9.58. The summed E-state index contributed by atoms with van der Waals surface area (Å²) in [5, 5.41) is 10.0. The Balaban J connectivity index is 1.02. The maximum absolute atomic E-state index is 6.59. The molecule has 0 fully saturated rings. The molecule has 1 unspecified atom stereocenters.